The van der Waals surface area contributed by atoms with Crippen LogP contribution in [0, 0.1) is 81.8 Å². The van der Waals surface area contributed by atoms with Crippen LogP contribution in [0.25, 0.3) is 0 Å². The maximum atomic E-state index is 13.1. The minimum atomic E-state index is -0.888. The van der Waals surface area contributed by atoms with E-state index < -0.39 is 34.7 Å². The molecule has 1 N–H and O–H groups in total. The van der Waals surface area contributed by atoms with Gasteiger partial charge in [-0.2, -0.15) is 20.4 Å². The van der Waals surface area contributed by atoms with Crippen molar-refractivity contribution in [3.63, 3.8) is 0 Å². The number of allylic oxidation sites excluding steroid dienone is 1. The third-order valence-electron chi connectivity index (χ3n) is 35.8. The summed E-state index contributed by atoms with van der Waals surface area (Å²) >= 11 is 0. The molecule has 0 amide bonds. The first-order valence-electron chi connectivity index (χ1n) is 50.5. The minimum Gasteiger partial charge on any atom is -0.515 e. The monoisotopic (exact) mass is 1890 g/mol. The Kier molecular flexibility index (Phi) is 29.3. The van der Waals surface area contributed by atoms with Gasteiger partial charge >= 0.3 is 29.8 Å². The van der Waals surface area contributed by atoms with E-state index in [9.17, 15) is 53.1 Å². The molecule has 19 atom stereocenters. The van der Waals surface area contributed by atoms with Gasteiger partial charge in [0.2, 0.25) is 5.78 Å². The number of aromatic nitrogens is 9. The summed E-state index contributed by atoms with van der Waals surface area (Å²) in [7, 11) is 7.24. The predicted molar refractivity (Wildman–Crippen MR) is 495 cm³/mol. The van der Waals surface area contributed by atoms with Crippen LogP contribution in [-0.2, 0) is 163 Å². The van der Waals surface area contributed by atoms with E-state index in [1.165, 1.54) is 0 Å². The maximum Gasteiger partial charge on any atom is 0.375 e. The van der Waals surface area contributed by atoms with Crippen molar-refractivity contribution in [2.75, 3.05) is 72.7 Å². The molecule has 32 nitrogen and oxygen atoms in total. The van der Waals surface area contributed by atoms with Crippen LogP contribution in [0.15, 0.2) is 22.6 Å². The summed E-state index contributed by atoms with van der Waals surface area (Å²) in [6, 6.07) is 0. The first-order valence-corrected chi connectivity index (χ1v) is 50.5. The van der Waals surface area contributed by atoms with Gasteiger partial charge < -0.3 is 61.7 Å². The zero-order valence-electron chi connectivity index (χ0n) is 84.2. The molecular weight excluding hydrogens is 1740 g/mol. The van der Waals surface area contributed by atoms with Crippen molar-refractivity contribution in [1.82, 2.24) is 44.3 Å². The summed E-state index contributed by atoms with van der Waals surface area (Å²) in [5.74, 6) is -0.364. The first-order chi connectivity index (χ1) is 64.6. The number of aliphatic hydroxyl groups excluding tert-OH is 1. The molecule has 32 heteroatoms. The second-order valence-electron chi connectivity index (χ2n) is 42.6. The van der Waals surface area contributed by atoms with Gasteiger partial charge in [-0.3, -0.25) is 42.7 Å². The molecule has 136 heavy (non-hydrogen) atoms. The number of rotatable bonds is 11. The van der Waals surface area contributed by atoms with Crippen LogP contribution >= 0.6 is 0 Å². The number of ether oxygens (including phenoxy) is 11. The van der Waals surface area contributed by atoms with Crippen LogP contribution < -0.4 is 0 Å². The Labute approximate surface area is 798 Å². The molecule has 8 heterocycles. The highest BCUT2D eigenvalue weighted by Gasteiger charge is 2.65. The molecule has 0 radical (unpaired) electrons. The third kappa shape index (κ3) is 17.1. The number of ketones is 5. The Hall–Kier alpha value is -8.95. The van der Waals surface area contributed by atoms with Crippen molar-refractivity contribution < 1.29 is 110 Å². The van der Waals surface area contributed by atoms with E-state index in [0.717, 1.165) is 165 Å². The van der Waals surface area contributed by atoms with E-state index in [4.69, 9.17) is 66.8 Å². The van der Waals surface area contributed by atoms with Crippen LogP contribution in [0.3, 0.4) is 0 Å². The zero-order chi connectivity index (χ0) is 98.2. The molecule has 1 unspecified atom stereocenters. The smallest absolute Gasteiger partial charge is 0.375 e. The van der Waals surface area contributed by atoms with Crippen LogP contribution in [-0.4, -0.2) is 198 Å². The Morgan fingerprint density at radius 3 is 1.19 bits per heavy atom. The third-order valence-corrected chi connectivity index (χ3v) is 35.8. The molecule has 3 aliphatic heterocycles. The summed E-state index contributed by atoms with van der Waals surface area (Å²) in [6.07, 6.45) is 21.5. The first kappa shape index (κ1) is 101. The minimum absolute atomic E-state index is 0.0185. The molecule has 0 aromatic carbocycles. The topological polar surface area (TPSA) is 390 Å². The Bertz CT molecular complexity index is 5420. The molecule has 10 fully saturated rings. The van der Waals surface area contributed by atoms with Gasteiger partial charge in [0.1, 0.15) is 45.9 Å². The average molecular weight is 1890 g/mol. The lowest BCUT2D eigenvalue weighted by Gasteiger charge is -2.54. The number of esters is 5. The highest BCUT2D eigenvalue weighted by molar-refractivity contribution is 6.38. The number of nitrogens with zero attached hydrogens (tertiary/aromatic N) is 9. The number of hydrogen-bond acceptors (Lipinski definition) is 28. The number of aliphatic hydroxyl groups is 1. The molecule has 12 aliphatic carbocycles. The second-order valence-corrected chi connectivity index (χ2v) is 42.6. The largest absolute Gasteiger partial charge is 0.515 e. The predicted octanol–water partition coefficient (Wildman–Crippen LogP) is 14.7. The van der Waals surface area contributed by atoms with Crippen LogP contribution in [0.1, 0.15) is 338 Å². The average Bonchev–Trinajstić information content (AvgIpc) is 1.53. The standard InChI is InChI=1S/C19H28N2O4.C18H23N3O3.C18H24N2O4.C18H26O6.C17H24N2O3.C14H22O3/c1-5-23-17(22)15-13-6-7-14-12(2)19(24-10-11-25-19)9-8-18(14,3)16(13)20-21(15)4;1-5-23-17(22)14-12-6-7-13-10(2)15-11(9-19-24-15)8-18(13,3)16(12)20-21(14)4;1-5-24-17(23)14-12-6-7-13-10(2)15(22)11(9-21)8-18(13,3)16(12)19-20(14)4;1-4-22-16(21)14(19)12-5-6-13-11(2)18(23-9-10-24-18)8-7-17(13,3)15(12)20;1-5-22-16(21)14-11-6-7-12-10(2)13(20)8-9-17(12,3)15(11)18-19(14)4;1-10-11-4-3-5-12(15)13(11,2)6-7-14(10)16-8-9-17-14/h12,14H,5-11H2,1-4H3;9-10,13H,5-8H2,1-4H3;9-10,13,21H,5-8H2,1-4H3;11-13H,4-10H2,1-3H3;10,12H,5-9H2,1-4H3;10-11H,3-9H2,1-2H3/b;;11-9-;;;/t12-,14-,18-;2*10-,13-,18-;11-,12?,13-,17-;10-,12-,17-;10-,11-,13-/m000000/s1. The molecule has 20 rings (SSSR count). The van der Waals surface area contributed by atoms with Gasteiger partial charge in [-0.15, -0.1) is 0 Å². The number of hydrogen-bond donors (Lipinski definition) is 1. The van der Waals surface area contributed by atoms with Crippen molar-refractivity contribution in [1.29, 1.82) is 0 Å². The van der Waals surface area contributed by atoms with Gasteiger partial charge in [0.15, 0.2) is 23.1 Å². The van der Waals surface area contributed by atoms with E-state index in [-0.39, 0.29) is 105 Å². The molecule has 5 aromatic heterocycles. The quantitative estimate of drug-likeness (QED) is 0.0320. The van der Waals surface area contributed by atoms with Gasteiger partial charge in [0, 0.05) is 162 Å². The van der Waals surface area contributed by atoms with Gasteiger partial charge in [-0.1, -0.05) is 88.2 Å². The van der Waals surface area contributed by atoms with Crippen molar-refractivity contribution in [3.8, 4) is 0 Å². The summed E-state index contributed by atoms with van der Waals surface area (Å²) < 4.78 is 73.5. The number of carbonyl (C=O) groups excluding carboxylic acids is 10. The Morgan fingerprint density at radius 2 is 0.772 bits per heavy atom. The second kappa shape index (κ2) is 39.3. The molecule has 15 aliphatic rings. The molecule has 7 saturated carbocycles. The number of fused-ring (bicyclic) bond motifs is 15. The van der Waals surface area contributed by atoms with Crippen molar-refractivity contribution in [2.24, 2.45) is 110 Å². The molecule has 3 spiro atoms. The van der Waals surface area contributed by atoms with E-state index in [2.05, 4.69) is 77.7 Å². The van der Waals surface area contributed by atoms with Crippen molar-refractivity contribution in [3.05, 3.63) is 97.2 Å². The summed E-state index contributed by atoms with van der Waals surface area (Å²) in [6.45, 7) is 40.2. The van der Waals surface area contributed by atoms with Crippen molar-refractivity contribution in [2.45, 2.75) is 310 Å². The molecule has 5 aromatic rings. The normalized spacial score (nSPS) is 33.7. The number of Topliss-reactive ketones (excluding diaryl/α,β-unsaturated/α-hetero) is 5. The molecule has 0 bridgehead atoms. The van der Waals surface area contributed by atoms with Crippen LogP contribution in [0.2, 0.25) is 0 Å². The van der Waals surface area contributed by atoms with E-state index in [1.54, 1.807) is 46.7 Å². The molecular formula is C104H147N9O23. The van der Waals surface area contributed by atoms with Crippen molar-refractivity contribution >= 4 is 58.8 Å². The van der Waals surface area contributed by atoms with E-state index >= 15 is 0 Å². The number of aryl methyl sites for hydroxylation is 4. The summed E-state index contributed by atoms with van der Waals surface area (Å²) in [5, 5.41) is 32.3. The fourth-order valence-electron chi connectivity index (χ4n) is 28.6. The molecule has 3 saturated heterocycles. The lowest BCUT2D eigenvalue weighted by molar-refractivity contribution is -0.244. The summed E-state index contributed by atoms with van der Waals surface area (Å²) in [4.78, 5) is 123. The van der Waals surface area contributed by atoms with Crippen LogP contribution in [0.4, 0.5) is 0 Å². The van der Waals surface area contributed by atoms with Crippen LogP contribution in [0.5, 0.6) is 0 Å². The highest BCUT2D eigenvalue weighted by Crippen LogP contribution is 2.62. The lowest BCUT2D eigenvalue weighted by atomic mass is 9.52. The zero-order valence-corrected chi connectivity index (χ0v) is 84.2. The lowest BCUT2D eigenvalue weighted by Crippen LogP contribution is -2.58. The highest BCUT2D eigenvalue weighted by atomic mass is 16.7. The maximum absolute atomic E-state index is 13.1. The van der Waals surface area contributed by atoms with Gasteiger partial charge in [-0.25, -0.2) is 24.0 Å². The Balaban J connectivity index is 0.000000124. The fourth-order valence-corrected chi connectivity index (χ4v) is 28.6. The molecule has 746 valence electrons. The summed E-state index contributed by atoms with van der Waals surface area (Å²) in [5.41, 5.74) is 10.7. The van der Waals surface area contributed by atoms with Gasteiger partial charge in [-0.05, 0) is 186 Å². The number of carbonyl (C=O) groups is 10. The van der Waals surface area contributed by atoms with Gasteiger partial charge in [0.05, 0.1) is 114 Å². The van der Waals surface area contributed by atoms with E-state index in [1.807, 2.05) is 61.8 Å². The SMILES string of the molecule is CCOC(=O)C(=O)C1CC[C@H]2[C@H](C)C3(CC[C@]2(C)C1=O)OCCO3.CCOC(=O)c1c2c(nn1C)[C@@]1(C)C/C(=C/O)C(=O)[C@@H](C)[C@@H]1CC2.CCOC(=O)c1c2c(nn1C)[C@@]1(C)CCC(=O)[C@@H](C)[C@@H]1CC2.CCOC(=O)c1c2c(nn1C)[C@@]1(C)CCC3(OCCO3)[C@@H](C)[C@@H]1CC2.CCOC(=O)c1c2c(nn1C)[C@@]1(C)Cc3cnoc3[C@@H](C)[C@@H]1CC2.C[C@H]1[C@@H]2CCCC(=O)[C@@]2(C)CCC12OCCO2. The van der Waals surface area contributed by atoms with E-state index in [0.29, 0.717) is 192 Å². The van der Waals surface area contributed by atoms with Gasteiger partial charge in [0.25, 0.3) is 0 Å². The Morgan fingerprint density at radius 1 is 0.412 bits per heavy atom. The fraction of sp³-hybridized carbons (Fsp3) is 0.740.